The molecular weight excluding hydrogens is 219 g/mol. The Morgan fingerprint density at radius 2 is 1.94 bits per heavy atom. The normalized spacial score (nSPS) is 34.5. The number of benzene rings is 1. The maximum atomic E-state index is 13.1. The molecule has 1 aliphatic rings. The molecule has 3 heteroatoms. The summed E-state index contributed by atoms with van der Waals surface area (Å²) in [7, 11) is -2.64. The Labute approximate surface area is 97.1 Å². The number of aliphatic hydroxyl groups is 1. The highest BCUT2D eigenvalue weighted by molar-refractivity contribution is 7.73. The lowest BCUT2D eigenvalue weighted by Gasteiger charge is -2.34. The van der Waals surface area contributed by atoms with Crippen molar-refractivity contribution in [3.05, 3.63) is 30.3 Å². The third kappa shape index (κ3) is 1.56. The second-order valence-corrected chi connectivity index (χ2v) is 8.15. The Balaban J connectivity index is 2.50. The van der Waals surface area contributed by atoms with Crippen LogP contribution < -0.4 is 5.30 Å². The fourth-order valence-corrected chi connectivity index (χ4v) is 6.37. The second kappa shape index (κ2) is 4.01. The van der Waals surface area contributed by atoms with Crippen molar-refractivity contribution in [2.45, 2.75) is 32.0 Å². The van der Waals surface area contributed by atoms with E-state index in [1.807, 2.05) is 44.2 Å². The highest BCUT2D eigenvalue weighted by atomic mass is 31.2. The molecule has 1 saturated heterocycles. The van der Waals surface area contributed by atoms with Crippen LogP contribution in [0.3, 0.4) is 0 Å². The van der Waals surface area contributed by atoms with Gasteiger partial charge in [-0.25, -0.2) is 0 Å². The van der Waals surface area contributed by atoms with E-state index in [1.54, 1.807) is 0 Å². The molecule has 1 aliphatic heterocycles. The maximum Gasteiger partial charge on any atom is 0.145 e. The van der Waals surface area contributed by atoms with Crippen LogP contribution in [0, 0.1) is 5.92 Å². The van der Waals surface area contributed by atoms with Crippen LogP contribution in [0.2, 0.25) is 0 Å². The Morgan fingerprint density at radius 3 is 2.50 bits per heavy atom. The summed E-state index contributed by atoms with van der Waals surface area (Å²) >= 11 is 0. The largest absolute Gasteiger partial charge is 0.382 e. The molecule has 2 atom stereocenters. The van der Waals surface area contributed by atoms with Crippen molar-refractivity contribution >= 4 is 12.4 Å². The van der Waals surface area contributed by atoms with E-state index in [1.165, 1.54) is 0 Å². The van der Waals surface area contributed by atoms with Gasteiger partial charge in [0, 0.05) is 11.5 Å². The second-order valence-electron chi connectivity index (χ2n) is 4.94. The van der Waals surface area contributed by atoms with E-state index < -0.39 is 12.5 Å². The predicted molar refractivity (Wildman–Crippen MR) is 67.6 cm³/mol. The monoisotopic (exact) mass is 238 g/mol. The molecule has 0 bridgehead atoms. The zero-order valence-corrected chi connectivity index (χ0v) is 10.8. The summed E-state index contributed by atoms with van der Waals surface area (Å²) in [6, 6.07) is 9.49. The molecule has 16 heavy (non-hydrogen) atoms. The minimum atomic E-state index is -2.64. The first kappa shape index (κ1) is 11.9. The highest BCUT2D eigenvalue weighted by Crippen LogP contribution is 2.65. The van der Waals surface area contributed by atoms with Gasteiger partial charge in [0.15, 0.2) is 0 Å². The molecule has 1 aromatic rings. The number of hydrogen-bond acceptors (Lipinski definition) is 2. The van der Waals surface area contributed by atoms with Crippen molar-refractivity contribution in [2.24, 2.45) is 5.92 Å². The zero-order valence-electron chi connectivity index (χ0n) is 9.89. The lowest BCUT2D eigenvalue weighted by atomic mass is 10.0. The standard InChI is InChI=1S/C13H19O2P/c1-11(2)13(14)9-6-10-16(13,15)12-7-4-3-5-8-12/h3-5,7-8,11,14H,6,9-10H2,1-2H3. The molecule has 0 amide bonds. The number of rotatable bonds is 2. The molecule has 1 aromatic carbocycles. The van der Waals surface area contributed by atoms with Crippen molar-refractivity contribution in [1.29, 1.82) is 0 Å². The summed E-state index contributed by atoms with van der Waals surface area (Å²) in [6.07, 6.45) is 2.17. The van der Waals surface area contributed by atoms with Gasteiger partial charge in [-0.05, 0) is 18.8 Å². The smallest absolute Gasteiger partial charge is 0.145 e. The van der Waals surface area contributed by atoms with E-state index >= 15 is 0 Å². The van der Waals surface area contributed by atoms with Gasteiger partial charge >= 0.3 is 0 Å². The van der Waals surface area contributed by atoms with Crippen molar-refractivity contribution < 1.29 is 9.67 Å². The molecule has 0 aromatic heterocycles. The first-order chi connectivity index (χ1) is 7.51. The third-order valence-corrected chi connectivity index (χ3v) is 7.81. The van der Waals surface area contributed by atoms with Crippen LogP contribution in [-0.2, 0) is 4.57 Å². The molecule has 2 rings (SSSR count). The summed E-state index contributed by atoms with van der Waals surface area (Å²) in [5.41, 5.74) is 0. The zero-order chi connectivity index (χ0) is 11.8. The first-order valence-corrected chi connectivity index (χ1v) is 7.77. The average Bonchev–Trinajstić information content (AvgIpc) is 2.59. The van der Waals surface area contributed by atoms with Crippen molar-refractivity contribution in [2.75, 3.05) is 6.16 Å². The fourth-order valence-electron chi connectivity index (χ4n) is 2.66. The van der Waals surface area contributed by atoms with Crippen molar-refractivity contribution in [3.8, 4) is 0 Å². The molecule has 1 fully saturated rings. The van der Waals surface area contributed by atoms with E-state index in [2.05, 4.69) is 0 Å². The van der Waals surface area contributed by atoms with Crippen LogP contribution in [0.5, 0.6) is 0 Å². The van der Waals surface area contributed by atoms with Gasteiger partial charge in [0.25, 0.3) is 0 Å². The highest BCUT2D eigenvalue weighted by Gasteiger charge is 2.53. The fraction of sp³-hybridized carbons (Fsp3) is 0.538. The molecular formula is C13H19O2P. The first-order valence-electron chi connectivity index (χ1n) is 5.88. The Morgan fingerprint density at radius 1 is 1.31 bits per heavy atom. The van der Waals surface area contributed by atoms with E-state index in [-0.39, 0.29) is 5.92 Å². The van der Waals surface area contributed by atoms with Gasteiger partial charge in [-0.2, -0.15) is 0 Å². The molecule has 0 spiro atoms. The van der Waals surface area contributed by atoms with Crippen LogP contribution in [0.4, 0.5) is 0 Å². The van der Waals surface area contributed by atoms with E-state index in [0.717, 1.165) is 11.7 Å². The van der Waals surface area contributed by atoms with Crippen molar-refractivity contribution in [3.63, 3.8) is 0 Å². The topological polar surface area (TPSA) is 37.3 Å². The van der Waals surface area contributed by atoms with E-state index in [0.29, 0.717) is 12.6 Å². The Kier molecular flexibility index (Phi) is 2.98. The minimum absolute atomic E-state index is 0.0426. The van der Waals surface area contributed by atoms with Crippen LogP contribution >= 0.6 is 7.14 Å². The quantitative estimate of drug-likeness (QED) is 0.804. The summed E-state index contributed by atoms with van der Waals surface area (Å²) in [4.78, 5) is 0. The maximum absolute atomic E-state index is 13.1. The third-order valence-electron chi connectivity index (χ3n) is 3.74. The summed E-state index contributed by atoms with van der Waals surface area (Å²) < 4.78 is 13.1. The van der Waals surface area contributed by atoms with Crippen LogP contribution in [-0.4, -0.2) is 16.6 Å². The molecule has 1 heterocycles. The predicted octanol–water partition coefficient (Wildman–Crippen LogP) is 2.81. The van der Waals surface area contributed by atoms with Gasteiger partial charge in [0.2, 0.25) is 0 Å². The molecule has 0 radical (unpaired) electrons. The Bertz CT molecular complexity index is 413. The summed E-state index contributed by atoms with van der Waals surface area (Å²) in [5, 5.41) is 10.5. The molecule has 2 unspecified atom stereocenters. The lowest BCUT2D eigenvalue weighted by Crippen LogP contribution is -2.35. The van der Waals surface area contributed by atoms with E-state index in [9.17, 15) is 9.67 Å². The van der Waals surface area contributed by atoms with Crippen LogP contribution in [0.1, 0.15) is 26.7 Å². The SMILES string of the molecule is CC(C)C1(O)CCCP1(=O)c1ccccc1. The lowest BCUT2D eigenvalue weighted by molar-refractivity contribution is 0.0753. The van der Waals surface area contributed by atoms with Gasteiger partial charge in [-0.15, -0.1) is 0 Å². The summed E-state index contributed by atoms with van der Waals surface area (Å²) in [6.45, 7) is 3.92. The van der Waals surface area contributed by atoms with E-state index in [4.69, 9.17) is 0 Å². The summed E-state index contributed by atoms with van der Waals surface area (Å²) in [5.74, 6) is 0.0426. The Hall–Kier alpha value is -0.590. The molecule has 0 aliphatic carbocycles. The van der Waals surface area contributed by atoms with Crippen LogP contribution in [0.15, 0.2) is 30.3 Å². The molecule has 1 N–H and O–H groups in total. The molecule has 0 saturated carbocycles. The molecule has 2 nitrogen and oxygen atoms in total. The van der Waals surface area contributed by atoms with Crippen LogP contribution in [0.25, 0.3) is 0 Å². The van der Waals surface area contributed by atoms with Gasteiger partial charge in [-0.1, -0.05) is 44.2 Å². The van der Waals surface area contributed by atoms with Gasteiger partial charge in [0.05, 0.1) is 0 Å². The van der Waals surface area contributed by atoms with Gasteiger partial charge in [-0.3, -0.25) is 0 Å². The molecule has 88 valence electrons. The van der Waals surface area contributed by atoms with Gasteiger partial charge < -0.3 is 9.67 Å². The van der Waals surface area contributed by atoms with Crippen molar-refractivity contribution in [1.82, 2.24) is 0 Å². The average molecular weight is 238 g/mol. The minimum Gasteiger partial charge on any atom is -0.382 e. The van der Waals surface area contributed by atoms with Gasteiger partial charge in [0.1, 0.15) is 12.5 Å². The number of hydrogen-bond donors (Lipinski definition) is 1.